The summed E-state index contributed by atoms with van der Waals surface area (Å²) in [5, 5.41) is 58.2. The van der Waals surface area contributed by atoms with Gasteiger partial charge in [0.1, 0.15) is 12.2 Å². The molecule has 0 aliphatic carbocycles. The highest BCUT2D eigenvalue weighted by atomic mass is 19.2. The van der Waals surface area contributed by atoms with Crippen molar-refractivity contribution in [1.29, 1.82) is 0 Å². The normalized spacial score (nSPS) is 36.2. The Morgan fingerprint density at radius 2 is 2.09 bits per heavy atom. The van der Waals surface area contributed by atoms with E-state index in [-0.39, 0.29) is 0 Å². The molecule has 0 saturated carbocycles. The number of carboxylic acid groups (broad SMARTS) is 1. The predicted octanol–water partition coefficient (Wildman–Crippen LogP) is -3.57. The van der Waals surface area contributed by atoms with Crippen LogP contribution in [0.25, 0.3) is 0 Å². The van der Waals surface area contributed by atoms with E-state index in [1.165, 1.54) is 0 Å². The minimum Gasteiger partial charge on any atom is -0.477 e. The largest absolute Gasteiger partial charge is 0.477 e. The molecule has 1 heterocycles. The van der Waals surface area contributed by atoms with Gasteiger partial charge < -0.3 is 40.7 Å². The number of aliphatic hydroxyl groups is 5. The molecule has 1 amide bonds. The van der Waals surface area contributed by atoms with Gasteiger partial charge in [0, 0.05) is 13.3 Å². The molecular weight excluding hydrogens is 309 g/mol. The summed E-state index contributed by atoms with van der Waals surface area (Å²) in [6.45, 7) is -0.261. The molecule has 0 radical (unpaired) electrons. The third-order valence-electron chi connectivity index (χ3n) is 3.29. The number of carbonyl (C=O) groups is 2. The van der Waals surface area contributed by atoms with Crippen LogP contribution in [0.3, 0.4) is 0 Å². The van der Waals surface area contributed by atoms with Crippen LogP contribution < -0.4 is 5.32 Å². The zero-order valence-electron chi connectivity index (χ0n) is 11.5. The summed E-state index contributed by atoms with van der Waals surface area (Å²) in [5.41, 5.74) is 0. The lowest BCUT2D eigenvalue weighted by Crippen LogP contribution is -2.70. The smallest absolute Gasteiger partial charge is 0.364 e. The van der Waals surface area contributed by atoms with E-state index in [0.717, 1.165) is 6.92 Å². The molecule has 0 spiro atoms. The number of nitrogens with one attached hydrogen (secondary N) is 1. The van der Waals surface area contributed by atoms with Crippen LogP contribution >= 0.6 is 0 Å². The number of aliphatic carboxylic acids is 1. The van der Waals surface area contributed by atoms with Crippen LogP contribution in [0.2, 0.25) is 0 Å². The maximum atomic E-state index is 14.3. The van der Waals surface area contributed by atoms with Gasteiger partial charge in [-0.25, -0.2) is 9.18 Å². The SMILES string of the molecule is CC(=O)N[C@H]1[C@H]([C@@](O)(F)[C@H](O)CO)O[C@](O)(C(=O)O)C[C@@H]1O. The lowest BCUT2D eigenvalue weighted by molar-refractivity contribution is -0.339. The Morgan fingerprint density at radius 3 is 2.50 bits per heavy atom. The van der Waals surface area contributed by atoms with Crippen molar-refractivity contribution in [3.63, 3.8) is 0 Å². The Bertz CT molecular complexity index is 445. The number of hydrogen-bond donors (Lipinski definition) is 7. The summed E-state index contributed by atoms with van der Waals surface area (Å²) in [4.78, 5) is 22.1. The van der Waals surface area contributed by atoms with Crippen molar-refractivity contribution >= 4 is 11.9 Å². The summed E-state index contributed by atoms with van der Waals surface area (Å²) in [7, 11) is 0. The van der Waals surface area contributed by atoms with Gasteiger partial charge in [-0.1, -0.05) is 0 Å². The summed E-state index contributed by atoms with van der Waals surface area (Å²) in [6, 6.07) is -1.67. The van der Waals surface area contributed by atoms with Crippen molar-refractivity contribution in [2.45, 2.75) is 49.3 Å². The van der Waals surface area contributed by atoms with Crippen molar-refractivity contribution in [3.8, 4) is 0 Å². The van der Waals surface area contributed by atoms with Crippen LogP contribution in [0.1, 0.15) is 13.3 Å². The molecule has 1 aliphatic rings. The number of rotatable bonds is 5. The van der Waals surface area contributed by atoms with Crippen LogP contribution in [-0.4, -0.2) is 85.1 Å². The number of ether oxygens (including phenoxy) is 1. The molecule has 1 saturated heterocycles. The van der Waals surface area contributed by atoms with E-state index in [0.29, 0.717) is 0 Å². The van der Waals surface area contributed by atoms with Gasteiger partial charge in [-0.15, -0.1) is 0 Å². The first-order chi connectivity index (χ1) is 9.95. The molecule has 6 atom stereocenters. The second kappa shape index (κ2) is 6.40. The number of aliphatic hydroxyl groups excluding tert-OH is 3. The Kier molecular flexibility index (Phi) is 5.43. The van der Waals surface area contributed by atoms with Gasteiger partial charge in [-0.05, 0) is 0 Å². The maximum absolute atomic E-state index is 14.3. The molecule has 11 heteroatoms. The van der Waals surface area contributed by atoms with Crippen LogP contribution in [0.4, 0.5) is 4.39 Å². The summed E-state index contributed by atoms with van der Waals surface area (Å²) < 4.78 is 18.9. The monoisotopic (exact) mass is 327 g/mol. The summed E-state index contributed by atoms with van der Waals surface area (Å²) >= 11 is 0. The minimum absolute atomic E-state index is 0.771. The third-order valence-corrected chi connectivity index (χ3v) is 3.29. The fourth-order valence-electron chi connectivity index (χ4n) is 2.14. The Hall–Kier alpha value is -1.37. The highest BCUT2D eigenvalue weighted by Gasteiger charge is 2.60. The van der Waals surface area contributed by atoms with Gasteiger partial charge >= 0.3 is 5.97 Å². The van der Waals surface area contributed by atoms with Crippen molar-refractivity contribution in [2.75, 3.05) is 6.61 Å². The van der Waals surface area contributed by atoms with Gasteiger partial charge in [-0.2, -0.15) is 0 Å². The Morgan fingerprint density at radius 1 is 1.55 bits per heavy atom. The number of carbonyl (C=O) groups excluding carboxylic acids is 1. The van der Waals surface area contributed by atoms with Gasteiger partial charge in [0.2, 0.25) is 5.91 Å². The molecule has 1 aliphatic heterocycles. The summed E-state index contributed by atoms with van der Waals surface area (Å²) in [6.07, 6.45) is -7.52. The second-order valence-electron chi connectivity index (χ2n) is 5.05. The quantitative estimate of drug-likeness (QED) is 0.269. The van der Waals surface area contributed by atoms with E-state index < -0.39 is 60.9 Å². The molecule has 1 rings (SSSR count). The third kappa shape index (κ3) is 3.51. The van der Waals surface area contributed by atoms with E-state index in [4.69, 9.17) is 10.2 Å². The minimum atomic E-state index is -3.76. The van der Waals surface area contributed by atoms with Gasteiger partial charge in [0.05, 0.1) is 18.8 Å². The lowest BCUT2D eigenvalue weighted by Gasteiger charge is -2.46. The number of halogens is 1. The molecule has 1 fully saturated rings. The predicted molar refractivity (Wildman–Crippen MR) is 64.8 cm³/mol. The van der Waals surface area contributed by atoms with Gasteiger partial charge in [0.25, 0.3) is 11.6 Å². The average Bonchev–Trinajstić information content (AvgIpc) is 2.39. The van der Waals surface area contributed by atoms with E-state index in [9.17, 15) is 34.4 Å². The maximum Gasteiger partial charge on any atom is 0.364 e. The van der Waals surface area contributed by atoms with Crippen LogP contribution in [0.15, 0.2) is 0 Å². The number of hydrogen-bond acceptors (Lipinski definition) is 8. The first kappa shape index (κ1) is 18.7. The van der Waals surface area contributed by atoms with Gasteiger partial charge in [-0.3, -0.25) is 4.79 Å². The molecule has 0 unspecified atom stereocenters. The van der Waals surface area contributed by atoms with Gasteiger partial charge in [0.15, 0.2) is 0 Å². The molecule has 0 aromatic rings. The first-order valence-electron chi connectivity index (χ1n) is 6.24. The molecular formula is C11H18FNO9. The molecule has 128 valence electrons. The van der Waals surface area contributed by atoms with Crippen molar-refractivity contribution in [1.82, 2.24) is 5.32 Å². The van der Waals surface area contributed by atoms with E-state index in [1.807, 2.05) is 5.32 Å². The van der Waals surface area contributed by atoms with Crippen molar-refractivity contribution < 1.29 is 49.4 Å². The molecule has 22 heavy (non-hydrogen) atoms. The highest BCUT2D eigenvalue weighted by molar-refractivity contribution is 5.76. The Labute approximate surface area is 123 Å². The fourth-order valence-corrected chi connectivity index (χ4v) is 2.14. The van der Waals surface area contributed by atoms with Crippen LogP contribution in [0.5, 0.6) is 0 Å². The summed E-state index contributed by atoms with van der Waals surface area (Å²) in [5.74, 6) is -9.54. The van der Waals surface area contributed by atoms with Crippen LogP contribution in [0, 0.1) is 0 Å². The first-order valence-corrected chi connectivity index (χ1v) is 6.24. The van der Waals surface area contributed by atoms with E-state index in [1.54, 1.807) is 0 Å². The number of carboxylic acids is 1. The molecule has 7 N–H and O–H groups in total. The molecule has 0 aromatic carbocycles. The zero-order valence-corrected chi connectivity index (χ0v) is 11.5. The molecule has 0 bridgehead atoms. The van der Waals surface area contributed by atoms with E-state index in [2.05, 4.69) is 4.74 Å². The van der Waals surface area contributed by atoms with E-state index >= 15 is 0 Å². The second-order valence-corrected chi connectivity index (χ2v) is 5.05. The lowest BCUT2D eigenvalue weighted by atomic mass is 9.87. The Balaban J connectivity index is 3.22. The number of alkyl halides is 1. The standard InChI is InChI=1S/C11H18FNO9/c1-4(15)13-7-5(16)2-10(20,9(18)19)22-8(7)11(12,21)6(17)3-14/h5-8,14,16-17,20-21H,2-3H2,1H3,(H,13,15)(H,18,19)/t5-,6+,7+,8+,10-,11+/m0/s1. The van der Waals surface area contributed by atoms with Crippen molar-refractivity contribution in [2.24, 2.45) is 0 Å². The van der Waals surface area contributed by atoms with Crippen molar-refractivity contribution in [3.05, 3.63) is 0 Å². The average molecular weight is 327 g/mol. The highest BCUT2D eigenvalue weighted by Crippen LogP contribution is 2.35. The molecule has 0 aromatic heterocycles. The topological polar surface area (TPSA) is 177 Å². The van der Waals surface area contributed by atoms with Crippen LogP contribution in [-0.2, 0) is 14.3 Å². The molecule has 10 nitrogen and oxygen atoms in total. The number of amides is 1. The zero-order chi connectivity index (χ0) is 17.3. The fraction of sp³-hybridized carbons (Fsp3) is 0.818.